The maximum Gasteiger partial charge on any atom is 0.231 e. The summed E-state index contributed by atoms with van der Waals surface area (Å²) >= 11 is 0. The third-order valence-electron chi connectivity index (χ3n) is 4.72. The predicted molar refractivity (Wildman–Crippen MR) is 101 cm³/mol. The van der Waals surface area contributed by atoms with E-state index >= 15 is 0 Å². The van der Waals surface area contributed by atoms with Crippen LogP contribution in [0.15, 0.2) is 42.5 Å². The van der Waals surface area contributed by atoms with Gasteiger partial charge >= 0.3 is 0 Å². The van der Waals surface area contributed by atoms with E-state index in [0.29, 0.717) is 30.9 Å². The summed E-state index contributed by atoms with van der Waals surface area (Å²) in [7, 11) is 1.58. The molecule has 0 spiro atoms. The predicted octanol–water partition coefficient (Wildman–Crippen LogP) is 3.24. The fraction of sp³-hybridized carbons (Fsp3) is 0.333. The van der Waals surface area contributed by atoms with Crippen LogP contribution in [0.2, 0.25) is 0 Å². The van der Waals surface area contributed by atoms with Crippen LogP contribution < -0.4 is 5.32 Å². The van der Waals surface area contributed by atoms with Gasteiger partial charge in [0.1, 0.15) is 5.82 Å². The molecule has 1 aliphatic heterocycles. The zero-order valence-electron chi connectivity index (χ0n) is 15.5. The van der Waals surface area contributed by atoms with Gasteiger partial charge in [0.25, 0.3) is 0 Å². The number of anilines is 1. The number of rotatable bonds is 6. The summed E-state index contributed by atoms with van der Waals surface area (Å²) in [6.45, 7) is 3.19. The molecule has 0 aliphatic carbocycles. The molecule has 5 nitrogen and oxygen atoms in total. The minimum Gasteiger partial charge on any atom is -0.383 e. The average Bonchev–Trinajstić information content (AvgIpc) is 2.66. The van der Waals surface area contributed by atoms with Gasteiger partial charge in [0.05, 0.1) is 12.5 Å². The van der Waals surface area contributed by atoms with Crippen molar-refractivity contribution in [2.75, 3.05) is 25.6 Å². The SMILES string of the molecule is COCCN(Cc1ccc(C)cc1)C(=O)[C@@H]1CC(=O)Nc2ccc(F)cc21. The normalized spacial score (nSPS) is 15.8. The highest BCUT2D eigenvalue weighted by molar-refractivity contribution is 6.01. The highest BCUT2D eigenvalue weighted by Crippen LogP contribution is 2.34. The van der Waals surface area contributed by atoms with Gasteiger partial charge in [-0.25, -0.2) is 4.39 Å². The topological polar surface area (TPSA) is 58.6 Å². The molecular formula is C21H23FN2O3. The molecule has 0 radical (unpaired) electrons. The quantitative estimate of drug-likeness (QED) is 0.849. The van der Waals surface area contributed by atoms with Gasteiger partial charge < -0.3 is 15.0 Å². The number of hydrogen-bond acceptors (Lipinski definition) is 3. The van der Waals surface area contributed by atoms with Gasteiger partial charge in [-0.2, -0.15) is 0 Å². The molecule has 2 aromatic carbocycles. The van der Waals surface area contributed by atoms with E-state index in [9.17, 15) is 14.0 Å². The summed E-state index contributed by atoms with van der Waals surface area (Å²) in [5.74, 6) is -1.57. The molecule has 0 fully saturated rings. The first-order valence-electron chi connectivity index (χ1n) is 8.90. The van der Waals surface area contributed by atoms with Crippen molar-refractivity contribution in [3.8, 4) is 0 Å². The molecule has 1 atom stereocenters. The van der Waals surface area contributed by atoms with Crippen molar-refractivity contribution in [3.63, 3.8) is 0 Å². The smallest absolute Gasteiger partial charge is 0.231 e. The number of fused-ring (bicyclic) bond motifs is 1. The molecule has 1 N–H and O–H groups in total. The number of benzene rings is 2. The van der Waals surface area contributed by atoms with Crippen LogP contribution in [-0.4, -0.2) is 37.0 Å². The third kappa shape index (κ3) is 4.52. The molecule has 0 bridgehead atoms. The minimum atomic E-state index is -0.702. The molecule has 0 saturated carbocycles. The number of ether oxygens (including phenoxy) is 1. The van der Waals surface area contributed by atoms with Crippen molar-refractivity contribution in [1.29, 1.82) is 0 Å². The summed E-state index contributed by atoms with van der Waals surface area (Å²) in [4.78, 5) is 27.0. The molecule has 0 saturated heterocycles. The van der Waals surface area contributed by atoms with Crippen LogP contribution >= 0.6 is 0 Å². The number of halogens is 1. The second kappa shape index (κ2) is 8.31. The molecular weight excluding hydrogens is 347 g/mol. The second-order valence-corrected chi connectivity index (χ2v) is 6.77. The first-order valence-corrected chi connectivity index (χ1v) is 8.90. The van der Waals surface area contributed by atoms with Crippen LogP contribution in [0.1, 0.15) is 29.0 Å². The summed E-state index contributed by atoms with van der Waals surface area (Å²) in [5.41, 5.74) is 3.14. The number of hydrogen-bond donors (Lipinski definition) is 1. The van der Waals surface area contributed by atoms with Crippen LogP contribution in [0.5, 0.6) is 0 Å². The lowest BCUT2D eigenvalue weighted by Crippen LogP contribution is -2.40. The van der Waals surface area contributed by atoms with Crippen LogP contribution in [0, 0.1) is 12.7 Å². The molecule has 6 heteroatoms. The fourth-order valence-electron chi connectivity index (χ4n) is 3.26. The monoisotopic (exact) mass is 370 g/mol. The number of aryl methyl sites for hydroxylation is 1. The number of nitrogens with one attached hydrogen (secondary N) is 1. The number of methoxy groups -OCH3 is 1. The molecule has 0 unspecified atom stereocenters. The molecule has 1 aliphatic rings. The molecule has 1 heterocycles. The van der Waals surface area contributed by atoms with Gasteiger partial charge in [-0.15, -0.1) is 0 Å². The van der Waals surface area contributed by atoms with E-state index in [2.05, 4.69) is 5.32 Å². The zero-order valence-corrected chi connectivity index (χ0v) is 15.5. The summed E-state index contributed by atoms with van der Waals surface area (Å²) in [6, 6.07) is 12.0. The van der Waals surface area contributed by atoms with Gasteiger partial charge in [0.2, 0.25) is 11.8 Å². The molecule has 2 aromatic rings. The number of amides is 2. The van der Waals surface area contributed by atoms with Crippen LogP contribution in [0.4, 0.5) is 10.1 Å². The number of carbonyl (C=O) groups excluding carboxylic acids is 2. The molecule has 142 valence electrons. The lowest BCUT2D eigenvalue weighted by Gasteiger charge is -2.31. The standard InChI is InChI=1S/C21H23FN2O3/c1-14-3-5-15(6-4-14)13-24(9-10-27-2)21(26)18-12-20(25)23-19-8-7-16(22)11-17(18)19/h3-8,11,18H,9-10,12-13H2,1-2H3,(H,23,25)/t18-/m1/s1. The molecule has 3 rings (SSSR count). The maximum absolute atomic E-state index is 13.8. The van der Waals surface area contributed by atoms with E-state index in [0.717, 1.165) is 11.1 Å². The Morgan fingerprint density at radius 1 is 1.26 bits per heavy atom. The van der Waals surface area contributed by atoms with Crippen molar-refractivity contribution in [1.82, 2.24) is 4.90 Å². The van der Waals surface area contributed by atoms with E-state index in [1.165, 1.54) is 18.2 Å². The lowest BCUT2D eigenvalue weighted by atomic mass is 9.89. The second-order valence-electron chi connectivity index (χ2n) is 6.77. The Hall–Kier alpha value is -2.73. The van der Waals surface area contributed by atoms with E-state index in [-0.39, 0.29) is 18.2 Å². The van der Waals surface area contributed by atoms with Gasteiger partial charge in [0.15, 0.2) is 0 Å². The average molecular weight is 370 g/mol. The summed E-state index contributed by atoms with van der Waals surface area (Å²) in [6.07, 6.45) is 0.00661. The molecule has 2 amide bonds. The minimum absolute atomic E-state index is 0.00661. The molecule has 27 heavy (non-hydrogen) atoms. The van der Waals surface area contributed by atoms with Crippen LogP contribution in [-0.2, 0) is 20.9 Å². The van der Waals surface area contributed by atoms with Crippen LogP contribution in [0.25, 0.3) is 0 Å². The fourth-order valence-corrected chi connectivity index (χ4v) is 3.26. The Bertz CT molecular complexity index is 836. The van der Waals surface area contributed by atoms with E-state index in [1.54, 1.807) is 12.0 Å². The van der Waals surface area contributed by atoms with Gasteiger partial charge in [-0.3, -0.25) is 9.59 Å². The molecule has 0 aromatic heterocycles. The third-order valence-corrected chi connectivity index (χ3v) is 4.72. The number of carbonyl (C=O) groups is 2. The maximum atomic E-state index is 13.8. The Kier molecular flexibility index (Phi) is 5.86. The largest absolute Gasteiger partial charge is 0.383 e. The zero-order chi connectivity index (χ0) is 19.4. The van der Waals surface area contributed by atoms with Gasteiger partial charge in [0, 0.05) is 32.3 Å². The number of nitrogens with zero attached hydrogens (tertiary/aromatic N) is 1. The summed E-state index contributed by atoms with van der Waals surface area (Å²) < 4.78 is 18.9. The van der Waals surface area contributed by atoms with Crippen molar-refractivity contribution in [2.45, 2.75) is 25.8 Å². The Morgan fingerprint density at radius 3 is 2.70 bits per heavy atom. The van der Waals surface area contributed by atoms with Crippen molar-refractivity contribution < 1.29 is 18.7 Å². The Morgan fingerprint density at radius 2 is 2.00 bits per heavy atom. The Labute approximate surface area is 158 Å². The van der Waals surface area contributed by atoms with Crippen LogP contribution in [0.3, 0.4) is 0 Å². The van der Waals surface area contributed by atoms with Gasteiger partial charge in [-0.1, -0.05) is 29.8 Å². The van der Waals surface area contributed by atoms with E-state index in [4.69, 9.17) is 4.74 Å². The first kappa shape index (κ1) is 19.0. The van der Waals surface area contributed by atoms with Crippen molar-refractivity contribution in [2.24, 2.45) is 0 Å². The first-order chi connectivity index (χ1) is 13.0. The van der Waals surface area contributed by atoms with Gasteiger partial charge in [-0.05, 0) is 36.2 Å². The lowest BCUT2D eigenvalue weighted by molar-refractivity contribution is -0.136. The highest BCUT2D eigenvalue weighted by Gasteiger charge is 2.33. The van der Waals surface area contributed by atoms with Crippen molar-refractivity contribution >= 4 is 17.5 Å². The summed E-state index contributed by atoms with van der Waals surface area (Å²) in [5, 5.41) is 2.71. The Balaban J connectivity index is 1.88. The van der Waals surface area contributed by atoms with E-state index < -0.39 is 11.7 Å². The highest BCUT2D eigenvalue weighted by atomic mass is 19.1. The van der Waals surface area contributed by atoms with Crippen molar-refractivity contribution in [3.05, 3.63) is 65.0 Å². The van der Waals surface area contributed by atoms with E-state index in [1.807, 2.05) is 31.2 Å².